The predicted molar refractivity (Wildman–Crippen MR) is 63.0 cm³/mol. The van der Waals surface area contributed by atoms with Gasteiger partial charge in [-0.05, 0) is 13.5 Å². The number of carbonyl (C=O) groups excluding carboxylic acids is 1. The summed E-state index contributed by atoms with van der Waals surface area (Å²) in [6.07, 6.45) is -0.126. The van der Waals surface area contributed by atoms with Gasteiger partial charge in [-0.15, -0.1) is 0 Å². The van der Waals surface area contributed by atoms with Crippen molar-refractivity contribution in [1.29, 1.82) is 0 Å². The molecule has 1 aliphatic heterocycles. The Morgan fingerprint density at radius 2 is 2.05 bits per heavy atom. The molecule has 0 aromatic heterocycles. The molecule has 0 bridgehead atoms. The number of aliphatic carboxylic acids is 1. The van der Waals surface area contributed by atoms with E-state index in [0.29, 0.717) is 0 Å². The van der Waals surface area contributed by atoms with Crippen molar-refractivity contribution in [3.8, 4) is 0 Å². The number of amides is 1. The molecule has 0 spiro atoms. The zero-order valence-corrected chi connectivity index (χ0v) is 11.0. The van der Waals surface area contributed by atoms with Crippen molar-refractivity contribution in [2.45, 2.75) is 23.8 Å². The molecule has 0 aromatic carbocycles. The van der Waals surface area contributed by atoms with E-state index in [0.717, 1.165) is 0 Å². The molecule has 1 heterocycles. The molecule has 19 heavy (non-hydrogen) atoms. The summed E-state index contributed by atoms with van der Waals surface area (Å²) >= 11 is 0. The SMILES string of the molecule is CN1C[C@H](S(=O)(=O)O)C[C@H]1C(=O)N[C@@H](CO)C(=O)O. The van der Waals surface area contributed by atoms with Crippen LogP contribution >= 0.6 is 0 Å². The van der Waals surface area contributed by atoms with Crippen molar-refractivity contribution in [3.05, 3.63) is 0 Å². The van der Waals surface area contributed by atoms with Gasteiger partial charge in [-0.3, -0.25) is 14.2 Å². The van der Waals surface area contributed by atoms with Gasteiger partial charge < -0.3 is 15.5 Å². The van der Waals surface area contributed by atoms with Crippen LogP contribution in [0.2, 0.25) is 0 Å². The molecule has 0 saturated carbocycles. The maximum Gasteiger partial charge on any atom is 0.328 e. The van der Waals surface area contributed by atoms with Gasteiger partial charge in [-0.2, -0.15) is 8.42 Å². The number of rotatable bonds is 5. The molecule has 110 valence electrons. The highest BCUT2D eigenvalue weighted by Crippen LogP contribution is 2.21. The van der Waals surface area contributed by atoms with Crippen LogP contribution in [-0.4, -0.2) is 77.5 Å². The molecule has 0 aliphatic carbocycles. The van der Waals surface area contributed by atoms with E-state index < -0.39 is 45.9 Å². The molecule has 1 aliphatic rings. The highest BCUT2D eigenvalue weighted by molar-refractivity contribution is 7.86. The molecule has 1 fully saturated rings. The Hall–Kier alpha value is -1.23. The lowest BCUT2D eigenvalue weighted by Crippen LogP contribution is -2.50. The molecule has 3 atom stereocenters. The largest absolute Gasteiger partial charge is 0.480 e. The number of hydrogen-bond donors (Lipinski definition) is 4. The van der Waals surface area contributed by atoms with Crippen molar-refractivity contribution in [3.63, 3.8) is 0 Å². The topological polar surface area (TPSA) is 144 Å². The van der Waals surface area contributed by atoms with E-state index in [9.17, 15) is 18.0 Å². The Morgan fingerprint density at radius 3 is 2.42 bits per heavy atom. The summed E-state index contributed by atoms with van der Waals surface area (Å²) in [5.74, 6) is -2.09. The minimum Gasteiger partial charge on any atom is -0.480 e. The fourth-order valence-electron chi connectivity index (χ4n) is 1.93. The van der Waals surface area contributed by atoms with E-state index >= 15 is 0 Å². The Balaban J connectivity index is 2.71. The molecule has 1 amide bonds. The Kier molecular flexibility index (Phi) is 4.85. The van der Waals surface area contributed by atoms with Crippen LogP contribution in [0.3, 0.4) is 0 Å². The normalized spacial score (nSPS) is 26.1. The van der Waals surface area contributed by atoms with E-state index in [4.69, 9.17) is 14.8 Å². The van der Waals surface area contributed by atoms with Gasteiger partial charge in [0.15, 0.2) is 0 Å². The Bertz CT molecular complexity index is 463. The molecule has 0 radical (unpaired) electrons. The van der Waals surface area contributed by atoms with Gasteiger partial charge in [-0.25, -0.2) is 4.79 Å². The maximum absolute atomic E-state index is 11.8. The Morgan fingerprint density at radius 1 is 1.47 bits per heavy atom. The van der Waals surface area contributed by atoms with Crippen molar-refractivity contribution < 1.29 is 32.8 Å². The number of carboxylic acid groups (broad SMARTS) is 1. The second kappa shape index (κ2) is 5.82. The predicted octanol–water partition coefficient (Wildman–Crippen LogP) is -2.49. The second-order valence-corrected chi connectivity index (χ2v) is 6.11. The minimum absolute atomic E-state index is 0.0201. The lowest BCUT2D eigenvalue weighted by atomic mass is 10.2. The summed E-state index contributed by atoms with van der Waals surface area (Å²) in [6.45, 7) is -0.785. The lowest BCUT2D eigenvalue weighted by Gasteiger charge is -2.20. The van der Waals surface area contributed by atoms with Gasteiger partial charge in [0.05, 0.1) is 12.6 Å². The summed E-state index contributed by atoms with van der Waals surface area (Å²) in [4.78, 5) is 23.9. The first-order valence-corrected chi connectivity index (χ1v) is 6.97. The van der Waals surface area contributed by atoms with Crippen molar-refractivity contribution in [1.82, 2.24) is 10.2 Å². The number of likely N-dealkylation sites (N-methyl/N-ethyl adjacent to an activating group) is 1. The van der Waals surface area contributed by atoms with Crippen LogP contribution in [0.5, 0.6) is 0 Å². The zero-order chi connectivity index (χ0) is 14.8. The quantitative estimate of drug-likeness (QED) is 0.408. The van der Waals surface area contributed by atoms with E-state index in [1.807, 2.05) is 0 Å². The van der Waals surface area contributed by atoms with Crippen LogP contribution < -0.4 is 5.32 Å². The molecule has 10 heteroatoms. The average Bonchev–Trinajstić information content (AvgIpc) is 2.67. The van der Waals surface area contributed by atoms with Gasteiger partial charge in [0, 0.05) is 6.54 Å². The van der Waals surface area contributed by atoms with E-state index in [2.05, 4.69) is 5.32 Å². The molecule has 4 N–H and O–H groups in total. The zero-order valence-electron chi connectivity index (χ0n) is 10.2. The van der Waals surface area contributed by atoms with Crippen LogP contribution in [0.1, 0.15) is 6.42 Å². The third kappa shape index (κ3) is 3.86. The lowest BCUT2D eigenvalue weighted by molar-refractivity contribution is -0.143. The summed E-state index contributed by atoms with van der Waals surface area (Å²) in [5, 5.41) is 18.5. The summed E-state index contributed by atoms with van der Waals surface area (Å²) in [6, 6.07) is -2.30. The first kappa shape index (κ1) is 15.8. The first-order valence-electron chi connectivity index (χ1n) is 5.47. The van der Waals surface area contributed by atoms with Gasteiger partial charge in [0.2, 0.25) is 5.91 Å². The van der Waals surface area contributed by atoms with Crippen molar-refractivity contribution >= 4 is 22.0 Å². The fourth-order valence-corrected chi connectivity index (χ4v) is 2.78. The van der Waals surface area contributed by atoms with Gasteiger partial charge in [0.25, 0.3) is 10.1 Å². The molecule has 0 aromatic rings. The number of aliphatic hydroxyl groups is 1. The van der Waals surface area contributed by atoms with E-state index in [1.54, 1.807) is 0 Å². The number of carboxylic acids is 1. The van der Waals surface area contributed by atoms with Crippen LogP contribution in [0.25, 0.3) is 0 Å². The van der Waals surface area contributed by atoms with Gasteiger partial charge >= 0.3 is 5.97 Å². The van der Waals surface area contributed by atoms with E-state index in [1.165, 1.54) is 11.9 Å². The third-order valence-corrected chi connectivity index (χ3v) is 4.21. The highest BCUT2D eigenvalue weighted by atomic mass is 32.2. The van der Waals surface area contributed by atoms with Crippen molar-refractivity contribution in [2.24, 2.45) is 0 Å². The number of likely N-dealkylation sites (tertiary alicyclic amines) is 1. The number of nitrogens with zero attached hydrogens (tertiary/aromatic N) is 1. The number of aliphatic hydroxyl groups excluding tert-OH is 1. The monoisotopic (exact) mass is 296 g/mol. The fraction of sp³-hybridized carbons (Fsp3) is 0.778. The van der Waals surface area contributed by atoms with E-state index in [-0.39, 0.29) is 13.0 Å². The average molecular weight is 296 g/mol. The van der Waals surface area contributed by atoms with Crippen LogP contribution in [0, 0.1) is 0 Å². The van der Waals surface area contributed by atoms with Crippen LogP contribution in [0.15, 0.2) is 0 Å². The molecular formula is C9H16N2O7S. The smallest absolute Gasteiger partial charge is 0.328 e. The molecule has 0 unspecified atom stereocenters. The molecule has 1 saturated heterocycles. The first-order chi connectivity index (χ1) is 8.66. The van der Waals surface area contributed by atoms with Crippen LogP contribution in [0.4, 0.5) is 0 Å². The number of nitrogens with one attached hydrogen (secondary N) is 1. The Labute approximate surface area is 110 Å². The standard InChI is InChI=1S/C9H16N2O7S/c1-11-3-5(19(16,17)18)2-7(11)8(13)10-6(4-12)9(14)15/h5-7,12H,2-4H2,1H3,(H,10,13)(H,14,15)(H,16,17,18)/t5-,6+,7+/m1/s1. The van der Waals surface area contributed by atoms with Crippen molar-refractivity contribution in [2.75, 3.05) is 20.2 Å². The summed E-state index contributed by atoms with van der Waals surface area (Å²) in [5.41, 5.74) is 0. The third-order valence-electron chi connectivity index (χ3n) is 3.03. The molecule has 1 rings (SSSR count). The minimum atomic E-state index is -4.24. The highest BCUT2D eigenvalue weighted by Gasteiger charge is 2.41. The molecular weight excluding hydrogens is 280 g/mol. The maximum atomic E-state index is 11.8. The number of hydrogen-bond acceptors (Lipinski definition) is 6. The second-order valence-electron chi connectivity index (χ2n) is 4.41. The summed E-state index contributed by atoms with van der Waals surface area (Å²) < 4.78 is 30.9. The van der Waals surface area contributed by atoms with Gasteiger partial charge in [0.1, 0.15) is 11.3 Å². The van der Waals surface area contributed by atoms with Crippen LogP contribution in [-0.2, 0) is 19.7 Å². The number of carbonyl (C=O) groups is 2. The summed E-state index contributed by atoms with van der Waals surface area (Å²) in [7, 11) is -2.75. The van der Waals surface area contributed by atoms with Gasteiger partial charge in [-0.1, -0.05) is 0 Å². The molecule has 9 nitrogen and oxygen atoms in total.